The Kier molecular flexibility index (Phi) is 12.1. The number of hydrogen-bond donors (Lipinski definition) is 6. The van der Waals surface area contributed by atoms with Crippen molar-refractivity contribution >= 4 is 29.7 Å². The SMILES string of the molecule is CCC(C)C(NC(=O)C(N)Cc1ccccc1)C(=O)NC(CC(=O)O)C(=O)NC(Cc1ccccc1)C(=O)O. The van der Waals surface area contributed by atoms with Crippen LogP contribution in [0.25, 0.3) is 0 Å². The quantitative estimate of drug-likeness (QED) is 0.192. The molecule has 0 fully saturated rings. The van der Waals surface area contributed by atoms with Crippen molar-refractivity contribution in [3.8, 4) is 0 Å². The van der Waals surface area contributed by atoms with Gasteiger partial charge in [-0.05, 0) is 23.5 Å². The predicted octanol–water partition coefficient (Wildman–Crippen LogP) is 0.859. The monoisotopic (exact) mass is 540 g/mol. The fraction of sp³-hybridized carbons (Fsp3) is 0.393. The van der Waals surface area contributed by atoms with Crippen LogP contribution in [0, 0.1) is 5.92 Å². The lowest BCUT2D eigenvalue weighted by atomic mass is 9.96. The van der Waals surface area contributed by atoms with Gasteiger partial charge in [0.25, 0.3) is 0 Å². The van der Waals surface area contributed by atoms with E-state index in [0.29, 0.717) is 12.0 Å². The number of aliphatic carboxylic acids is 2. The van der Waals surface area contributed by atoms with Crippen molar-refractivity contribution in [1.82, 2.24) is 16.0 Å². The van der Waals surface area contributed by atoms with E-state index in [1.54, 1.807) is 37.3 Å². The number of nitrogens with one attached hydrogen (secondary N) is 3. The second-order valence-corrected chi connectivity index (χ2v) is 9.42. The predicted molar refractivity (Wildman–Crippen MR) is 143 cm³/mol. The number of hydrogen-bond acceptors (Lipinski definition) is 6. The molecule has 0 aliphatic carbocycles. The minimum absolute atomic E-state index is 0.0412. The highest BCUT2D eigenvalue weighted by Gasteiger charge is 2.33. The number of benzene rings is 2. The van der Waals surface area contributed by atoms with Crippen molar-refractivity contribution in [3.05, 3.63) is 71.8 Å². The van der Waals surface area contributed by atoms with Crippen molar-refractivity contribution < 1.29 is 34.2 Å². The summed E-state index contributed by atoms with van der Waals surface area (Å²) in [4.78, 5) is 62.2. The first-order valence-corrected chi connectivity index (χ1v) is 12.7. The highest BCUT2D eigenvalue weighted by Crippen LogP contribution is 2.11. The summed E-state index contributed by atoms with van der Waals surface area (Å²) in [5, 5.41) is 26.3. The number of carboxylic acids is 2. The molecule has 0 aromatic heterocycles. The van der Waals surface area contributed by atoms with Crippen LogP contribution in [0.5, 0.6) is 0 Å². The van der Waals surface area contributed by atoms with Crippen LogP contribution in [-0.2, 0) is 36.8 Å². The summed E-state index contributed by atoms with van der Waals surface area (Å²) < 4.78 is 0. The molecule has 5 atom stereocenters. The smallest absolute Gasteiger partial charge is 0.326 e. The molecule has 7 N–H and O–H groups in total. The van der Waals surface area contributed by atoms with E-state index in [1.807, 2.05) is 37.3 Å². The third-order valence-corrected chi connectivity index (χ3v) is 6.34. The van der Waals surface area contributed by atoms with Crippen molar-refractivity contribution in [2.24, 2.45) is 11.7 Å². The van der Waals surface area contributed by atoms with Crippen LogP contribution in [0.2, 0.25) is 0 Å². The molecule has 11 nitrogen and oxygen atoms in total. The van der Waals surface area contributed by atoms with Crippen molar-refractivity contribution in [2.75, 3.05) is 0 Å². The normalized spacial score (nSPS) is 14.6. The number of carbonyl (C=O) groups is 5. The van der Waals surface area contributed by atoms with E-state index in [2.05, 4.69) is 16.0 Å². The van der Waals surface area contributed by atoms with E-state index in [9.17, 15) is 34.2 Å². The van der Waals surface area contributed by atoms with E-state index < -0.39 is 60.2 Å². The topological polar surface area (TPSA) is 188 Å². The lowest BCUT2D eigenvalue weighted by molar-refractivity contribution is -0.143. The molecular weight excluding hydrogens is 504 g/mol. The fourth-order valence-electron chi connectivity index (χ4n) is 3.89. The third kappa shape index (κ3) is 10.2. The molecule has 5 unspecified atom stereocenters. The van der Waals surface area contributed by atoms with Crippen LogP contribution in [0.15, 0.2) is 60.7 Å². The molecule has 210 valence electrons. The molecule has 0 saturated carbocycles. The summed E-state index contributed by atoms with van der Waals surface area (Å²) in [6.45, 7) is 3.53. The zero-order valence-electron chi connectivity index (χ0n) is 22.0. The fourth-order valence-corrected chi connectivity index (χ4v) is 3.89. The van der Waals surface area contributed by atoms with Gasteiger partial charge in [0.05, 0.1) is 12.5 Å². The molecule has 2 aromatic carbocycles. The lowest BCUT2D eigenvalue weighted by Crippen LogP contribution is -2.59. The molecular formula is C28H36N4O7. The Morgan fingerprint density at radius 3 is 1.74 bits per heavy atom. The summed E-state index contributed by atoms with van der Waals surface area (Å²) >= 11 is 0. The molecule has 0 aliphatic rings. The molecule has 0 bridgehead atoms. The Balaban J connectivity index is 2.14. The molecule has 0 aliphatic heterocycles. The van der Waals surface area contributed by atoms with Crippen LogP contribution in [0.4, 0.5) is 0 Å². The highest BCUT2D eigenvalue weighted by atomic mass is 16.4. The van der Waals surface area contributed by atoms with Gasteiger partial charge in [-0.2, -0.15) is 0 Å². The summed E-state index contributed by atoms with van der Waals surface area (Å²) in [5.74, 6) is -5.39. The molecule has 2 aromatic rings. The van der Waals surface area contributed by atoms with Gasteiger partial charge in [0.2, 0.25) is 17.7 Å². The summed E-state index contributed by atoms with van der Waals surface area (Å²) in [7, 11) is 0. The van der Waals surface area contributed by atoms with Gasteiger partial charge in [-0.3, -0.25) is 19.2 Å². The van der Waals surface area contributed by atoms with E-state index in [1.165, 1.54) is 0 Å². The van der Waals surface area contributed by atoms with Crippen LogP contribution >= 0.6 is 0 Å². The first-order valence-electron chi connectivity index (χ1n) is 12.7. The van der Waals surface area contributed by atoms with E-state index in [4.69, 9.17) is 5.73 Å². The Bertz CT molecular complexity index is 1130. The largest absolute Gasteiger partial charge is 0.481 e. The molecule has 0 saturated heterocycles. The Hall–Kier alpha value is -4.25. The Morgan fingerprint density at radius 1 is 0.744 bits per heavy atom. The van der Waals surface area contributed by atoms with Gasteiger partial charge in [-0.15, -0.1) is 0 Å². The van der Waals surface area contributed by atoms with Crippen molar-refractivity contribution in [1.29, 1.82) is 0 Å². The second-order valence-electron chi connectivity index (χ2n) is 9.42. The van der Waals surface area contributed by atoms with E-state index >= 15 is 0 Å². The minimum Gasteiger partial charge on any atom is -0.481 e. The molecule has 2 rings (SSSR count). The van der Waals surface area contributed by atoms with Gasteiger partial charge in [0.15, 0.2) is 0 Å². The number of amides is 3. The average Bonchev–Trinajstić information content (AvgIpc) is 2.91. The van der Waals surface area contributed by atoms with Crippen LogP contribution in [0.1, 0.15) is 37.8 Å². The third-order valence-electron chi connectivity index (χ3n) is 6.34. The van der Waals surface area contributed by atoms with Crippen LogP contribution < -0.4 is 21.7 Å². The molecule has 0 spiro atoms. The van der Waals surface area contributed by atoms with Gasteiger partial charge in [0.1, 0.15) is 18.1 Å². The standard InChI is InChI=1S/C28H36N4O7/c1-3-17(2)24(32-25(35)20(29)14-18-10-6-4-7-11-18)27(37)30-21(16-23(33)34)26(36)31-22(28(38)39)15-19-12-8-5-9-13-19/h4-13,17,20-22,24H,3,14-16,29H2,1-2H3,(H,30,37)(H,31,36)(H,32,35)(H,33,34)(H,38,39). The number of carboxylic acid groups (broad SMARTS) is 2. The summed E-state index contributed by atoms with van der Waals surface area (Å²) in [6.07, 6.45) is -0.103. The zero-order valence-corrected chi connectivity index (χ0v) is 22.0. The average molecular weight is 541 g/mol. The maximum absolute atomic E-state index is 13.2. The van der Waals surface area contributed by atoms with E-state index in [0.717, 1.165) is 5.56 Å². The molecule has 11 heteroatoms. The zero-order chi connectivity index (χ0) is 28.9. The van der Waals surface area contributed by atoms with Crippen molar-refractivity contribution in [2.45, 2.75) is 63.7 Å². The maximum Gasteiger partial charge on any atom is 0.326 e. The maximum atomic E-state index is 13.2. The van der Waals surface area contributed by atoms with Crippen LogP contribution in [0.3, 0.4) is 0 Å². The van der Waals surface area contributed by atoms with Gasteiger partial charge in [-0.1, -0.05) is 80.9 Å². The van der Waals surface area contributed by atoms with Gasteiger partial charge in [0, 0.05) is 6.42 Å². The minimum atomic E-state index is -1.57. The Morgan fingerprint density at radius 2 is 1.26 bits per heavy atom. The number of carbonyl (C=O) groups excluding carboxylic acids is 3. The first kappa shape index (κ1) is 31.0. The van der Waals surface area contributed by atoms with Crippen molar-refractivity contribution in [3.63, 3.8) is 0 Å². The molecule has 3 amide bonds. The van der Waals surface area contributed by atoms with Gasteiger partial charge >= 0.3 is 11.9 Å². The lowest BCUT2D eigenvalue weighted by Gasteiger charge is -2.27. The summed E-state index contributed by atoms with van der Waals surface area (Å²) in [6, 6.07) is 12.7. The van der Waals surface area contributed by atoms with Crippen LogP contribution in [-0.4, -0.2) is 64.0 Å². The molecule has 0 radical (unpaired) electrons. The highest BCUT2D eigenvalue weighted by molar-refractivity contribution is 5.95. The molecule has 0 heterocycles. The van der Waals surface area contributed by atoms with E-state index in [-0.39, 0.29) is 18.8 Å². The first-order chi connectivity index (χ1) is 18.5. The van der Waals surface area contributed by atoms with Gasteiger partial charge in [-0.25, -0.2) is 4.79 Å². The Labute approximate surface area is 227 Å². The number of rotatable bonds is 15. The summed E-state index contributed by atoms with van der Waals surface area (Å²) in [5.41, 5.74) is 7.55. The molecule has 39 heavy (non-hydrogen) atoms. The number of nitrogens with two attached hydrogens (primary N) is 1. The van der Waals surface area contributed by atoms with Gasteiger partial charge < -0.3 is 31.9 Å². The second kappa shape index (κ2) is 15.2.